The number of aliphatic hydroxyl groups is 3. The summed E-state index contributed by atoms with van der Waals surface area (Å²) in [6, 6.07) is -1.46. The number of amides is 5. The largest absolute Gasteiger partial charge is 0.383 e. The first kappa shape index (κ1) is 68.8. The van der Waals surface area contributed by atoms with Crippen molar-refractivity contribution in [2.75, 3.05) is 13.1 Å². The number of aliphatic hydroxyl groups excluding tert-OH is 3. The number of Topliss-reactive ketones (excluding diaryl/α,β-unsaturated/α-hetero) is 2. The molecule has 0 aromatic heterocycles. The van der Waals surface area contributed by atoms with Gasteiger partial charge in [-0.3, -0.25) is 24.0 Å². The van der Waals surface area contributed by atoms with E-state index in [2.05, 4.69) is 29.5 Å². The SMILES string of the molecule is CC1(C[C@H](N)C(=O)CC2(C(O)C(N)=O)CCC2)CCCC1.CCN=C=O.CCNC(=O)N[C@@H](CC1(C)CCCC1)C(=O)CC1(C(O)C(N)=O)CCC1.NC(=O)C(O)C1(N)CCC1.[B]B([B])B([B])B([B])[B].[U]. The van der Waals surface area contributed by atoms with Crippen LogP contribution in [0.4, 0.5) is 4.79 Å². The van der Waals surface area contributed by atoms with Crippen molar-refractivity contribution in [3.05, 3.63) is 0 Å². The minimum Gasteiger partial charge on any atom is -0.383 e. The molecule has 3 unspecified atom stereocenters. The van der Waals surface area contributed by atoms with Gasteiger partial charge >= 0.3 is 6.03 Å². The Balaban J connectivity index is 0.000000963. The number of ketones is 2. The number of isocyanates is 1. The summed E-state index contributed by atoms with van der Waals surface area (Å²) in [5.74, 6) is -2.40. The van der Waals surface area contributed by atoms with Crippen molar-refractivity contribution < 1.29 is 80.0 Å². The topological polar surface area (TPSA) is 347 Å². The van der Waals surface area contributed by atoms with Crippen LogP contribution in [-0.4, -0.2) is 164 Å². The van der Waals surface area contributed by atoms with Gasteiger partial charge in [0.2, 0.25) is 23.8 Å². The van der Waals surface area contributed by atoms with Crippen LogP contribution in [0.25, 0.3) is 0 Å². The predicted molar refractivity (Wildman–Crippen MR) is 279 cm³/mol. The summed E-state index contributed by atoms with van der Waals surface area (Å²) in [5.41, 5.74) is 25.1. The van der Waals surface area contributed by atoms with Crippen LogP contribution in [0.5, 0.6) is 0 Å². The molecule has 5 rings (SSSR count). The standard InChI is InChI=1S/C19H33N3O4.C16H28N2O3.C6H12N2O2.C3H5NO.B8.U/c1-3-21-17(26)22-13(11-18(2)7-4-5-8-18)14(23)12-19(9-6-10-19)15(24)16(20)25;1-15(5-2-3-6-15)9-11(17)12(19)10-16(7-4-8-16)13(20)14(18)21;7-5(10)4(9)6(8)2-1-3-6;1-2-4-3-5;1-6(2)8(5)7(3)4;/h13,15,24H,3-12H2,1-2H3,(H2,20,25)(H2,21,22,26);11,13,20H,2-10,17H2,1H3,(H2,18,21);4,9H,1-3,8H2,(H2,7,10);2H2,1H3;;/t13-,15?;11-,13?;;;;/m00..../s1. The van der Waals surface area contributed by atoms with Gasteiger partial charge in [0.1, 0.15) is 24.1 Å². The Kier molecular flexibility index (Phi) is 31.3. The van der Waals surface area contributed by atoms with E-state index in [1.165, 1.54) is 18.9 Å². The van der Waals surface area contributed by atoms with Crippen molar-refractivity contribution in [1.82, 2.24) is 10.6 Å². The second kappa shape index (κ2) is 32.3. The van der Waals surface area contributed by atoms with E-state index in [1.807, 2.05) is 6.92 Å². The number of nitrogens with two attached hydrogens (primary N) is 5. The van der Waals surface area contributed by atoms with Crippen LogP contribution in [0.3, 0.4) is 0 Å². The van der Waals surface area contributed by atoms with E-state index in [1.54, 1.807) is 6.92 Å². The number of nitrogens with zero attached hydrogens (tertiary/aromatic N) is 1. The zero-order chi connectivity index (χ0) is 53.7. The minimum atomic E-state index is -1.31. The van der Waals surface area contributed by atoms with Gasteiger partial charge in [-0.25, -0.2) is 14.6 Å². The molecule has 5 aliphatic rings. The molecular formula is C44H78B8N8O10U. The van der Waals surface area contributed by atoms with Crippen molar-refractivity contribution in [3.8, 4) is 0 Å². The monoisotopic (exact) mass is 1200 g/mol. The molecule has 0 spiro atoms. The first-order valence-electron chi connectivity index (χ1n) is 24.9. The number of carbonyl (C=O) groups excluding carboxylic acids is 7. The van der Waals surface area contributed by atoms with Crippen LogP contribution in [0.15, 0.2) is 4.99 Å². The van der Waals surface area contributed by atoms with E-state index in [0.29, 0.717) is 64.5 Å². The average molecular weight is 1200 g/mol. The molecule has 27 heteroatoms. The zero-order valence-electron chi connectivity index (χ0n) is 42.8. The van der Waals surface area contributed by atoms with Crippen molar-refractivity contribution in [2.45, 2.75) is 198 Å². The van der Waals surface area contributed by atoms with Gasteiger partial charge in [0.15, 0.2) is 5.78 Å². The Labute approximate surface area is 454 Å². The van der Waals surface area contributed by atoms with Crippen molar-refractivity contribution in [3.63, 3.8) is 0 Å². The third kappa shape index (κ3) is 22.3. The maximum absolute atomic E-state index is 13.0. The molecule has 5 fully saturated rings. The molecule has 71 heavy (non-hydrogen) atoms. The Bertz CT molecular complexity index is 1740. The molecule has 5 aliphatic carbocycles. The van der Waals surface area contributed by atoms with E-state index < -0.39 is 83.6 Å². The third-order valence-corrected chi connectivity index (χ3v) is 15.1. The van der Waals surface area contributed by atoms with Crippen LogP contribution in [-0.2, 0) is 28.8 Å². The maximum Gasteiger partial charge on any atom is 0.315 e. The number of hydrogen-bond acceptors (Lipinski definition) is 13. The Hall–Kier alpha value is -2.23. The second-order valence-corrected chi connectivity index (χ2v) is 21.1. The van der Waals surface area contributed by atoms with Crippen LogP contribution in [0.1, 0.15) is 163 Å². The van der Waals surface area contributed by atoms with Gasteiger partial charge in [-0.05, 0) is 108 Å². The van der Waals surface area contributed by atoms with Crippen LogP contribution < -0.4 is 39.3 Å². The number of primary amides is 3. The molecule has 0 saturated heterocycles. The number of hydrogen-bond donors (Lipinski definition) is 10. The van der Waals surface area contributed by atoms with E-state index in [-0.39, 0.29) is 72.4 Å². The molecule has 0 bridgehead atoms. The minimum absolute atomic E-state index is 0. The first-order valence-corrected chi connectivity index (χ1v) is 24.9. The van der Waals surface area contributed by atoms with Crippen LogP contribution in [0.2, 0.25) is 0 Å². The molecule has 5 amide bonds. The van der Waals surface area contributed by atoms with Gasteiger partial charge < -0.3 is 54.6 Å². The van der Waals surface area contributed by atoms with Gasteiger partial charge in [-0.15, -0.1) is 0 Å². The fraction of sp³-hybridized carbons (Fsp3) is 0.841. The fourth-order valence-corrected chi connectivity index (χ4v) is 9.99. The normalized spacial score (nSPS) is 20.8. The van der Waals surface area contributed by atoms with Crippen molar-refractivity contribution in [1.29, 1.82) is 0 Å². The Morgan fingerprint density at radius 1 is 0.634 bits per heavy atom. The molecule has 0 aliphatic heterocycles. The van der Waals surface area contributed by atoms with Gasteiger partial charge in [0.05, 0.1) is 17.6 Å². The van der Waals surface area contributed by atoms with Gasteiger partial charge in [-0.1, -0.05) is 52.4 Å². The summed E-state index contributed by atoms with van der Waals surface area (Å²) in [7, 11) is 25.8. The quantitative estimate of drug-likeness (QED) is 0.0372. The number of urea groups is 1. The van der Waals surface area contributed by atoms with E-state index in [9.17, 15) is 39.0 Å². The molecule has 5 atom stereocenters. The van der Waals surface area contributed by atoms with Crippen molar-refractivity contribution >= 4 is 99.2 Å². The average Bonchev–Trinajstić information content (AvgIpc) is 3.89. The van der Waals surface area contributed by atoms with Crippen LogP contribution >= 0.6 is 0 Å². The van der Waals surface area contributed by atoms with Gasteiger partial charge in [0, 0.05) is 126 Å². The Morgan fingerprint density at radius 2 is 1.01 bits per heavy atom. The summed E-state index contributed by atoms with van der Waals surface area (Å²) >= 11 is 0. The predicted octanol–water partition coefficient (Wildman–Crippen LogP) is -1.11. The molecule has 15 N–H and O–H groups in total. The number of rotatable bonds is 21. The molecule has 5 saturated carbocycles. The molecule has 0 heterocycles. The number of nitrogens with one attached hydrogen (secondary N) is 2. The summed E-state index contributed by atoms with van der Waals surface area (Å²) in [4.78, 5) is 82.9. The van der Waals surface area contributed by atoms with Gasteiger partial charge in [0.25, 0.3) is 0 Å². The molecule has 18 nitrogen and oxygen atoms in total. The number of aliphatic imine (C=N–C) groups is 1. The molecule has 10 radical (unpaired) electrons. The summed E-state index contributed by atoms with van der Waals surface area (Å²) < 4.78 is 0. The molecule has 0 aromatic carbocycles. The van der Waals surface area contributed by atoms with Crippen LogP contribution in [0, 0.1) is 52.8 Å². The number of carbonyl (C=O) groups is 6. The molecule has 0 aromatic rings. The fourth-order valence-electron chi connectivity index (χ4n) is 9.99. The van der Waals surface area contributed by atoms with Gasteiger partial charge in [-0.2, -0.15) is 0 Å². The second-order valence-electron chi connectivity index (χ2n) is 21.1. The van der Waals surface area contributed by atoms with E-state index in [0.717, 1.165) is 57.8 Å². The summed E-state index contributed by atoms with van der Waals surface area (Å²) in [6.07, 6.45) is 13.2. The van der Waals surface area contributed by atoms with E-state index in [4.69, 9.17) is 77.3 Å². The maximum atomic E-state index is 13.0. The molecular weight excluding hydrogens is 1130 g/mol. The zero-order valence-corrected chi connectivity index (χ0v) is 47.0. The molecule has 382 valence electrons. The third-order valence-electron chi connectivity index (χ3n) is 15.1. The Morgan fingerprint density at radius 3 is 1.27 bits per heavy atom. The summed E-state index contributed by atoms with van der Waals surface area (Å²) in [6.45, 7) is 8.99. The first-order chi connectivity index (χ1) is 32.5. The summed E-state index contributed by atoms with van der Waals surface area (Å²) in [5, 5.41) is 34.8. The smallest absolute Gasteiger partial charge is 0.315 e. The van der Waals surface area contributed by atoms with Crippen molar-refractivity contribution in [2.24, 2.45) is 55.3 Å². The van der Waals surface area contributed by atoms with E-state index >= 15 is 0 Å².